The molecule has 0 unspecified atom stereocenters. The van der Waals surface area contributed by atoms with Gasteiger partial charge in [0.05, 0.1) is 38.0 Å². The zero-order valence-corrected chi connectivity index (χ0v) is 21.1. The standard InChI is InChI=1S/C27H23Cl2FN4O2/c1-27(2)12-16-22-21(32-26(33-22)34-23-17(28)4-3-5-18(23)29)11-15(24(16)36-27)25(35)31-20-10-14(13-6-7-13)8-9-19(20)30/h3-5,8-11,13H,6-7,12H2,1-2H3,(H,31,35)(H2,32,33,34). The third-order valence-electron chi connectivity index (χ3n) is 6.54. The molecule has 0 radical (unpaired) electrons. The van der Waals surface area contributed by atoms with Crippen LogP contribution in [0.5, 0.6) is 5.75 Å². The second-order valence-electron chi connectivity index (χ2n) is 9.94. The van der Waals surface area contributed by atoms with Gasteiger partial charge in [0.2, 0.25) is 5.95 Å². The summed E-state index contributed by atoms with van der Waals surface area (Å²) in [4.78, 5) is 21.3. The first-order valence-corrected chi connectivity index (χ1v) is 12.5. The molecule has 1 aliphatic heterocycles. The fourth-order valence-corrected chi connectivity index (χ4v) is 5.17. The van der Waals surface area contributed by atoms with Crippen molar-refractivity contribution in [1.29, 1.82) is 0 Å². The molecule has 1 saturated carbocycles. The summed E-state index contributed by atoms with van der Waals surface area (Å²) in [6.45, 7) is 3.91. The van der Waals surface area contributed by atoms with Crippen LogP contribution in [0.1, 0.15) is 54.1 Å². The minimum absolute atomic E-state index is 0.163. The Balaban J connectivity index is 1.39. The maximum absolute atomic E-state index is 14.6. The molecule has 1 aliphatic carbocycles. The van der Waals surface area contributed by atoms with Gasteiger partial charge in [-0.2, -0.15) is 0 Å². The van der Waals surface area contributed by atoms with Crippen LogP contribution in [0, 0.1) is 5.82 Å². The lowest BCUT2D eigenvalue weighted by Crippen LogP contribution is -2.25. The van der Waals surface area contributed by atoms with Gasteiger partial charge >= 0.3 is 0 Å². The molecule has 2 aliphatic rings. The van der Waals surface area contributed by atoms with Gasteiger partial charge in [-0.25, -0.2) is 9.37 Å². The van der Waals surface area contributed by atoms with Crippen molar-refractivity contribution in [1.82, 2.24) is 9.97 Å². The monoisotopic (exact) mass is 524 g/mol. The zero-order chi connectivity index (χ0) is 25.2. The van der Waals surface area contributed by atoms with E-state index >= 15 is 0 Å². The number of aromatic amines is 1. The molecule has 184 valence electrons. The number of ether oxygens (including phenoxy) is 1. The molecule has 6 rings (SSSR count). The SMILES string of the molecule is CC1(C)Cc2c(c(C(=O)Nc3cc(C4CC4)ccc3F)cc3[nH]c(Nc4c(Cl)cccc4Cl)nc23)O1. The second-order valence-corrected chi connectivity index (χ2v) is 10.8. The molecule has 0 atom stereocenters. The van der Waals surface area contributed by atoms with E-state index in [0.717, 1.165) is 24.0 Å². The maximum Gasteiger partial charge on any atom is 0.259 e. The molecular formula is C27H23Cl2FN4O2. The number of fused-ring (bicyclic) bond motifs is 3. The van der Waals surface area contributed by atoms with E-state index in [-0.39, 0.29) is 5.69 Å². The highest BCUT2D eigenvalue weighted by Gasteiger charge is 2.36. The quantitative estimate of drug-likeness (QED) is 0.251. The van der Waals surface area contributed by atoms with Gasteiger partial charge in [-0.15, -0.1) is 0 Å². The highest BCUT2D eigenvalue weighted by atomic mass is 35.5. The van der Waals surface area contributed by atoms with Gasteiger partial charge in [0.1, 0.15) is 17.2 Å². The average Bonchev–Trinajstić information content (AvgIpc) is 3.50. The number of imidazole rings is 1. The normalized spacial score (nSPS) is 16.0. The lowest BCUT2D eigenvalue weighted by Gasteiger charge is -2.18. The third kappa shape index (κ3) is 4.16. The summed E-state index contributed by atoms with van der Waals surface area (Å²) in [7, 11) is 0. The first kappa shape index (κ1) is 23.1. The number of aromatic nitrogens is 2. The molecule has 0 saturated heterocycles. The van der Waals surface area contributed by atoms with Gasteiger partial charge in [-0.05, 0) is 68.5 Å². The number of nitrogens with zero attached hydrogens (tertiary/aromatic N) is 1. The molecule has 3 N–H and O–H groups in total. The van der Waals surface area contributed by atoms with E-state index < -0.39 is 17.3 Å². The molecule has 1 aromatic heterocycles. The Hall–Kier alpha value is -3.29. The number of para-hydroxylation sites is 1. The molecule has 4 aromatic rings. The van der Waals surface area contributed by atoms with E-state index in [4.69, 9.17) is 32.9 Å². The summed E-state index contributed by atoms with van der Waals surface area (Å²) in [6, 6.07) is 11.8. The minimum Gasteiger partial charge on any atom is -0.486 e. The Bertz CT molecular complexity index is 1520. The molecule has 6 nitrogen and oxygen atoms in total. The smallest absolute Gasteiger partial charge is 0.259 e. The number of amides is 1. The van der Waals surface area contributed by atoms with E-state index in [1.165, 1.54) is 6.07 Å². The number of nitrogens with one attached hydrogen (secondary N) is 3. The summed E-state index contributed by atoms with van der Waals surface area (Å²) in [5, 5.41) is 6.80. The summed E-state index contributed by atoms with van der Waals surface area (Å²) in [5.41, 5.74) is 3.63. The number of hydrogen-bond donors (Lipinski definition) is 3. The maximum atomic E-state index is 14.6. The summed E-state index contributed by atoms with van der Waals surface area (Å²) < 4.78 is 20.8. The molecular weight excluding hydrogens is 502 g/mol. The van der Waals surface area contributed by atoms with Crippen LogP contribution in [0.25, 0.3) is 11.0 Å². The van der Waals surface area contributed by atoms with Crippen molar-refractivity contribution in [3.63, 3.8) is 0 Å². The van der Waals surface area contributed by atoms with Crippen LogP contribution in [0.15, 0.2) is 42.5 Å². The molecule has 1 amide bonds. The van der Waals surface area contributed by atoms with Crippen molar-refractivity contribution < 1.29 is 13.9 Å². The first-order chi connectivity index (χ1) is 17.2. The molecule has 0 bridgehead atoms. The molecule has 0 spiro atoms. The van der Waals surface area contributed by atoms with Crippen LogP contribution in [-0.2, 0) is 6.42 Å². The van der Waals surface area contributed by atoms with Crippen molar-refractivity contribution in [2.24, 2.45) is 0 Å². The van der Waals surface area contributed by atoms with Crippen molar-refractivity contribution in [2.75, 3.05) is 10.6 Å². The lowest BCUT2D eigenvalue weighted by atomic mass is 9.98. The van der Waals surface area contributed by atoms with E-state index in [9.17, 15) is 9.18 Å². The fourth-order valence-electron chi connectivity index (χ4n) is 4.68. The molecule has 2 heterocycles. The Kier molecular flexibility index (Phi) is 5.39. The summed E-state index contributed by atoms with van der Waals surface area (Å²) in [5.74, 6) is 0.395. The van der Waals surface area contributed by atoms with Crippen LogP contribution >= 0.6 is 23.2 Å². The van der Waals surface area contributed by atoms with E-state index in [1.807, 2.05) is 13.8 Å². The number of halogens is 3. The van der Waals surface area contributed by atoms with Crippen LogP contribution in [0.2, 0.25) is 10.0 Å². The highest BCUT2D eigenvalue weighted by molar-refractivity contribution is 6.39. The van der Waals surface area contributed by atoms with E-state index in [1.54, 1.807) is 36.4 Å². The Labute approximate surface area is 217 Å². The van der Waals surface area contributed by atoms with Gasteiger partial charge in [0, 0.05) is 12.0 Å². The predicted octanol–water partition coefficient (Wildman–Crippen LogP) is 7.60. The minimum atomic E-state index is -0.526. The van der Waals surface area contributed by atoms with Crippen molar-refractivity contribution >= 4 is 57.5 Å². The summed E-state index contributed by atoms with van der Waals surface area (Å²) >= 11 is 12.6. The summed E-state index contributed by atoms with van der Waals surface area (Å²) in [6.07, 6.45) is 2.73. The van der Waals surface area contributed by atoms with Gasteiger partial charge in [-0.1, -0.05) is 35.3 Å². The number of H-pyrrole nitrogens is 1. The second kappa shape index (κ2) is 8.39. The van der Waals surface area contributed by atoms with Gasteiger partial charge in [0.25, 0.3) is 5.91 Å². The number of carbonyl (C=O) groups is 1. The Morgan fingerprint density at radius 3 is 2.64 bits per heavy atom. The highest BCUT2D eigenvalue weighted by Crippen LogP contribution is 2.44. The van der Waals surface area contributed by atoms with E-state index in [0.29, 0.717) is 56.4 Å². The van der Waals surface area contributed by atoms with Crippen LogP contribution in [0.4, 0.5) is 21.7 Å². The molecule has 1 fully saturated rings. The molecule has 36 heavy (non-hydrogen) atoms. The van der Waals surface area contributed by atoms with Crippen molar-refractivity contribution in [3.05, 3.63) is 75.0 Å². The predicted molar refractivity (Wildman–Crippen MR) is 141 cm³/mol. The van der Waals surface area contributed by atoms with Crippen LogP contribution < -0.4 is 15.4 Å². The number of hydrogen-bond acceptors (Lipinski definition) is 4. The number of rotatable bonds is 5. The van der Waals surface area contributed by atoms with Crippen LogP contribution in [-0.4, -0.2) is 21.5 Å². The fraction of sp³-hybridized carbons (Fsp3) is 0.259. The first-order valence-electron chi connectivity index (χ1n) is 11.7. The van der Waals surface area contributed by atoms with E-state index in [2.05, 4.69) is 15.6 Å². The number of benzene rings is 3. The Morgan fingerprint density at radius 1 is 1.17 bits per heavy atom. The zero-order valence-electron chi connectivity index (χ0n) is 19.6. The third-order valence-corrected chi connectivity index (χ3v) is 7.17. The average molecular weight is 525 g/mol. The molecule has 3 aromatic carbocycles. The van der Waals surface area contributed by atoms with Gasteiger partial charge < -0.3 is 20.4 Å². The van der Waals surface area contributed by atoms with Crippen molar-refractivity contribution in [3.8, 4) is 5.75 Å². The number of anilines is 3. The Morgan fingerprint density at radius 2 is 1.92 bits per heavy atom. The number of carbonyl (C=O) groups excluding carboxylic acids is 1. The lowest BCUT2D eigenvalue weighted by molar-refractivity contribution is 0.101. The topological polar surface area (TPSA) is 79.0 Å². The van der Waals surface area contributed by atoms with Gasteiger partial charge in [-0.3, -0.25) is 4.79 Å². The largest absolute Gasteiger partial charge is 0.486 e. The van der Waals surface area contributed by atoms with Gasteiger partial charge in [0.15, 0.2) is 0 Å². The molecule has 9 heteroatoms. The van der Waals surface area contributed by atoms with Crippen LogP contribution in [0.3, 0.4) is 0 Å². The van der Waals surface area contributed by atoms with Crippen molar-refractivity contribution in [2.45, 2.75) is 44.6 Å².